The summed E-state index contributed by atoms with van der Waals surface area (Å²) >= 11 is 0. The van der Waals surface area contributed by atoms with Crippen LogP contribution >= 0.6 is 0 Å². The van der Waals surface area contributed by atoms with Crippen molar-refractivity contribution in [1.29, 1.82) is 0 Å². The highest BCUT2D eigenvalue weighted by Gasteiger charge is 2.14. The molecule has 16 heavy (non-hydrogen) atoms. The predicted molar refractivity (Wildman–Crippen MR) is 57.4 cm³/mol. The van der Waals surface area contributed by atoms with Gasteiger partial charge in [-0.15, -0.1) is 0 Å². The fourth-order valence-electron chi connectivity index (χ4n) is 1.24. The molecule has 0 aromatic heterocycles. The summed E-state index contributed by atoms with van der Waals surface area (Å²) in [6.45, 7) is 2.58. The summed E-state index contributed by atoms with van der Waals surface area (Å²) < 4.78 is 0. The maximum absolute atomic E-state index is 11.2. The monoisotopic (exact) mass is 222 g/mol. The molecule has 1 aromatic rings. The van der Waals surface area contributed by atoms with Crippen LogP contribution in [0.3, 0.4) is 0 Å². The van der Waals surface area contributed by atoms with Gasteiger partial charge in [0.05, 0.1) is 10.6 Å². The van der Waals surface area contributed by atoms with Gasteiger partial charge in [-0.2, -0.15) is 0 Å². The number of nitro benzene ring substituents is 1. The minimum absolute atomic E-state index is 0.129. The fraction of sp³-hybridized carbons (Fsp3) is 0.200. The number of non-ortho nitro benzene ring substituents is 1. The van der Waals surface area contributed by atoms with Crippen LogP contribution in [0.4, 0.5) is 11.4 Å². The Morgan fingerprint density at radius 1 is 1.31 bits per heavy atom. The maximum Gasteiger partial charge on any atom is 0.270 e. The molecule has 0 atom stereocenters. The van der Waals surface area contributed by atoms with Gasteiger partial charge in [-0.25, -0.2) is 0 Å². The zero-order chi connectivity index (χ0) is 12.3. The molecule has 0 spiro atoms. The molecular weight excluding hydrogens is 212 g/mol. The van der Waals surface area contributed by atoms with Crippen molar-refractivity contribution < 1.29 is 14.5 Å². The van der Waals surface area contributed by atoms with Crippen molar-refractivity contribution in [3.8, 4) is 0 Å². The number of nitrogens with zero attached hydrogens (tertiary/aromatic N) is 1. The number of ketones is 1. The van der Waals surface area contributed by atoms with Gasteiger partial charge in [0, 0.05) is 24.6 Å². The lowest BCUT2D eigenvalue weighted by Gasteiger charge is -2.06. The van der Waals surface area contributed by atoms with Gasteiger partial charge in [0.2, 0.25) is 5.91 Å². The Balaban J connectivity index is 3.24. The summed E-state index contributed by atoms with van der Waals surface area (Å²) in [6.07, 6.45) is 0. The lowest BCUT2D eigenvalue weighted by Crippen LogP contribution is -2.10. The Hall–Kier alpha value is -2.24. The van der Waals surface area contributed by atoms with E-state index in [1.54, 1.807) is 0 Å². The van der Waals surface area contributed by atoms with Crippen LogP contribution < -0.4 is 5.32 Å². The van der Waals surface area contributed by atoms with Crippen LogP contribution in [-0.4, -0.2) is 16.6 Å². The van der Waals surface area contributed by atoms with Crippen molar-refractivity contribution in [1.82, 2.24) is 0 Å². The van der Waals surface area contributed by atoms with E-state index in [0.717, 1.165) is 6.07 Å². The summed E-state index contributed by atoms with van der Waals surface area (Å²) in [5.41, 5.74) is 0.231. The fourth-order valence-corrected chi connectivity index (χ4v) is 1.24. The van der Waals surface area contributed by atoms with Crippen LogP contribution in [0.1, 0.15) is 24.2 Å². The summed E-state index contributed by atoms with van der Waals surface area (Å²) in [5, 5.41) is 13.0. The first-order chi connectivity index (χ1) is 7.41. The van der Waals surface area contributed by atoms with Crippen molar-refractivity contribution in [3.63, 3.8) is 0 Å². The molecular formula is C10H10N2O4. The van der Waals surface area contributed by atoms with Gasteiger partial charge >= 0.3 is 0 Å². The number of carbonyl (C=O) groups excluding carboxylic acids is 2. The highest BCUT2D eigenvalue weighted by molar-refractivity contribution is 6.03. The van der Waals surface area contributed by atoms with E-state index in [1.165, 1.54) is 26.0 Å². The molecule has 6 heteroatoms. The normalized spacial score (nSPS) is 9.62. The molecule has 1 aromatic carbocycles. The minimum atomic E-state index is -0.593. The van der Waals surface area contributed by atoms with Crippen molar-refractivity contribution in [2.75, 3.05) is 5.32 Å². The molecule has 1 N–H and O–H groups in total. The third kappa shape index (κ3) is 2.63. The maximum atomic E-state index is 11.2. The topological polar surface area (TPSA) is 89.3 Å². The van der Waals surface area contributed by atoms with E-state index in [0.29, 0.717) is 0 Å². The average Bonchev–Trinajstić information content (AvgIpc) is 2.16. The molecule has 0 bridgehead atoms. The van der Waals surface area contributed by atoms with Gasteiger partial charge < -0.3 is 5.32 Å². The molecule has 0 aliphatic carbocycles. The molecule has 0 unspecified atom stereocenters. The van der Waals surface area contributed by atoms with Crippen LogP contribution in [0.5, 0.6) is 0 Å². The number of anilines is 1. The quantitative estimate of drug-likeness (QED) is 0.479. The molecule has 0 aliphatic heterocycles. The summed E-state index contributed by atoms with van der Waals surface area (Å²) in [4.78, 5) is 32.0. The summed E-state index contributed by atoms with van der Waals surface area (Å²) in [7, 11) is 0. The van der Waals surface area contributed by atoms with E-state index >= 15 is 0 Å². The van der Waals surface area contributed by atoms with E-state index < -0.39 is 4.92 Å². The lowest BCUT2D eigenvalue weighted by molar-refractivity contribution is -0.384. The Morgan fingerprint density at radius 3 is 2.38 bits per heavy atom. The molecule has 0 radical (unpaired) electrons. The molecule has 6 nitrogen and oxygen atoms in total. The first-order valence-electron chi connectivity index (χ1n) is 4.49. The number of hydrogen-bond donors (Lipinski definition) is 1. The zero-order valence-corrected chi connectivity index (χ0v) is 8.81. The summed E-state index contributed by atoms with van der Waals surface area (Å²) in [6, 6.07) is 3.72. The van der Waals surface area contributed by atoms with Gasteiger partial charge in [0.1, 0.15) is 0 Å². The van der Waals surface area contributed by atoms with Gasteiger partial charge in [0.25, 0.3) is 5.69 Å². The molecule has 1 amide bonds. The number of nitrogens with one attached hydrogen (secondary N) is 1. The van der Waals surface area contributed by atoms with Crippen LogP contribution in [0.2, 0.25) is 0 Å². The molecule has 0 saturated carbocycles. The Bertz CT molecular complexity index is 468. The highest BCUT2D eigenvalue weighted by atomic mass is 16.6. The van der Waals surface area contributed by atoms with E-state index in [2.05, 4.69) is 5.32 Å². The summed E-state index contributed by atoms with van der Waals surface area (Å²) in [5.74, 6) is -0.677. The SMILES string of the molecule is CC(=O)Nc1ccc([N+](=O)[O-])cc1C(C)=O. The number of nitro groups is 1. The third-order valence-corrected chi connectivity index (χ3v) is 1.90. The van der Waals surface area contributed by atoms with Gasteiger partial charge in [-0.3, -0.25) is 19.7 Å². The second kappa shape index (κ2) is 4.52. The first kappa shape index (κ1) is 11.8. The van der Waals surface area contributed by atoms with E-state index in [9.17, 15) is 19.7 Å². The Kier molecular flexibility index (Phi) is 3.34. The molecule has 1 rings (SSSR count). The molecule has 0 fully saturated rings. The Morgan fingerprint density at radius 2 is 1.94 bits per heavy atom. The second-order valence-electron chi connectivity index (χ2n) is 3.22. The average molecular weight is 222 g/mol. The third-order valence-electron chi connectivity index (χ3n) is 1.90. The number of rotatable bonds is 3. The molecule has 0 saturated heterocycles. The first-order valence-corrected chi connectivity index (χ1v) is 4.49. The van der Waals surface area contributed by atoms with E-state index in [-0.39, 0.29) is 28.6 Å². The van der Waals surface area contributed by atoms with Gasteiger partial charge in [0.15, 0.2) is 5.78 Å². The standard InChI is InChI=1S/C10H10N2O4/c1-6(13)9-5-8(12(15)16)3-4-10(9)11-7(2)14/h3-5H,1-2H3,(H,11,14). The smallest absolute Gasteiger partial charge is 0.270 e. The largest absolute Gasteiger partial charge is 0.326 e. The lowest BCUT2D eigenvalue weighted by atomic mass is 10.1. The number of Topliss-reactive ketones (excluding diaryl/α,β-unsaturated/α-hetero) is 1. The molecule has 84 valence electrons. The van der Waals surface area contributed by atoms with Crippen LogP contribution in [0.25, 0.3) is 0 Å². The van der Waals surface area contributed by atoms with Crippen LogP contribution in [0, 0.1) is 10.1 Å². The number of amides is 1. The number of hydrogen-bond acceptors (Lipinski definition) is 4. The minimum Gasteiger partial charge on any atom is -0.326 e. The van der Waals surface area contributed by atoms with Crippen molar-refractivity contribution in [2.24, 2.45) is 0 Å². The predicted octanol–water partition coefficient (Wildman–Crippen LogP) is 1.76. The van der Waals surface area contributed by atoms with Gasteiger partial charge in [-0.05, 0) is 13.0 Å². The van der Waals surface area contributed by atoms with E-state index in [4.69, 9.17) is 0 Å². The van der Waals surface area contributed by atoms with Crippen LogP contribution in [0.15, 0.2) is 18.2 Å². The molecule has 0 heterocycles. The van der Waals surface area contributed by atoms with Gasteiger partial charge in [-0.1, -0.05) is 0 Å². The van der Waals surface area contributed by atoms with Crippen LogP contribution in [-0.2, 0) is 4.79 Å². The van der Waals surface area contributed by atoms with Crippen molar-refractivity contribution in [3.05, 3.63) is 33.9 Å². The second-order valence-corrected chi connectivity index (χ2v) is 3.22. The zero-order valence-electron chi connectivity index (χ0n) is 8.81. The van der Waals surface area contributed by atoms with E-state index in [1.807, 2.05) is 0 Å². The Labute approximate surface area is 91.4 Å². The molecule has 0 aliphatic rings. The van der Waals surface area contributed by atoms with Crippen molar-refractivity contribution in [2.45, 2.75) is 13.8 Å². The number of benzene rings is 1. The number of carbonyl (C=O) groups is 2. The van der Waals surface area contributed by atoms with Crippen molar-refractivity contribution >= 4 is 23.1 Å². The highest BCUT2D eigenvalue weighted by Crippen LogP contribution is 2.22.